The number of benzene rings is 2. The van der Waals surface area contributed by atoms with Gasteiger partial charge in [0.25, 0.3) is 0 Å². The largest absolute Gasteiger partial charge is 2.00 e. The molecular weight excluding hydrogens is 720 g/mol. The van der Waals surface area contributed by atoms with Gasteiger partial charge < -0.3 is 23.7 Å². The molecule has 4 aliphatic carbocycles. The second-order valence-corrected chi connectivity index (χ2v) is 15.6. The van der Waals surface area contributed by atoms with Gasteiger partial charge in [0, 0.05) is 13.1 Å². The van der Waals surface area contributed by atoms with E-state index in [1.165, 1.54) is 140 Å². The maximum atomic E-state index is 4.94. The van der Waals surface area contributed by atoms with Gasteiger partial charge in [0.05, 0.1) is 11.4 Å². The normalized spacial score (nSPS) is 21.0. The zero-order valence-corrected chi connectivity index (χ0v) is 35.3. The molecule has 0 bridgehead atoms. The van der Waals surface area contributed by atoms with Crippen molar-refractivity contribution in [3.8, 4) is 0 Å². The second-order valence-electron chi connectivity index (χ2n) is 15.6. The Morgan fingerprint density at radius 2 is 0.846 bits per heavy atom. The quantitative estimate of drug-likeness (QED) is 0.0592. The van der Waals surface area contributed by atoms with Crippen LogP contribution in [0.5, 0.6) is 0 Å². The van der Waals surface area contributed by atoms with Crippen LogP contribution in [0.25, 0.3) is 0 Å². The number of nitrogens with zero attached hydrogens (tertiary/aromatic N) is 4. The summed E-state index contributed by atoms with van der Waals surface area (Å²) < 4.78 is 0. The summed E-state index contributed by atoms with van der Waals surface area (Å²) in [7, 11) is 0. The Bertz CT molecular complexity index is 1090. The zero-order chi connectivity index (χ0) is 35.2. The second kappa shape index (κ2) is 27.9. The summed E-state index contributed by atoms with van der Waals surface area (Å²) in [5.74, 6) is 7.70. The van der Waals surface area contributed by atoms with Crippen molar-refractivity contribution in [2.75, 3.05) is 23.1 Å². The molecule has 2 atom stereocenters. The molecule has 0 saturated heterocycles. The van der Waals surface area contributed by atoms with Crippen molar-refractivity contribution in [1.29, 1.82) is 0 Å². The maximum absolute atomic E-state index is 4.94. The van der Waals surface area contributed by atoms with Gasteiger partial charge in [-0.25, -0.2) is 0 Å². The fourth-order valence-electron chi connectivity index (χ4n) is 7.69. The number of hydrazone groups is 2. The molecular formula is C46H70Fe2N4. The van der Waals surface area contributed by atoms with Gasteiger partial charge in [-0.3, -0.25) is 10.0 Å². The predicted octanol–water partition coefficient (Wildman–Crippen LogP) is 13.4. The Morgan fingerprint density at radius 3 is 1.13 bits per heavy atom. The summed E-state index contributed by atoms with van der Waals surface area (Å²) in [6, 6.07) is 21.3. The van der Waals surface area contributed by atoms with E-state index in [1.54, 1.807) is 23.7 Å². The van der Waals surface area contributed by atoms with Crippen LogP contribution in [0.15, 0.2) is 70.9 Å². The molecule has 6 heteroatoms. The summed E-state index contributed by atoms with van der Waals surface area (Å²) in [6.07, 6.45) is 30.9. The van der Waals surface area contributed by atoms with Crippen molar-refractivity contribution in [1.82, 2.24) is 0 Å². The van der Waals surface area contributed by atoms with Crippen LogP contribution < -0.4 is 10.0 Å². The van der Waals surface area contributed by atoms with E-state index in [9.17, 15) is 0 Å². The SMILES string of the molecule is C[C-]1CCCC1.C[C-]1CCCC1.C[C-]1CCCC1/C=N/N(CCCCCCCCN(/N=C/C1CCC[C-]1C)c1ccccc1)c1ccccc1.[Fe+2].[Fe+2]. The van der Waals surface area contributed by atoms with Crippen LogP contribution in [-0.4, -0.2) is 25.5 Å². The monoisotopic (exact) mass is 790 g/mol. The van der Waals surface area contributed by atoms with E-state index in [2.05, 4.69) is 111 Å². The predicted molar refractivity (Wildman–Crippen MR) is 220 cm³/mol. The van der Waals surface area contributed by atoms with Crippen LogP contribution in [0.4, 0.5) is 11.4 Å². The topological polar surface area (TPSA) is 31.2 Å². The van der Waals surface area contributed by atoms with E-state index in [1.807, 2.05) is 0 Å². The Kier molecular flexibility index (Phi) is 25.0. The number of rotatable bonds is 15. The molecule has 52 heavy (non-hydrogen) atoms. The smallest absolute Gasteiger partial charge is 0.317 e. The fourth-order valence-corrected chi connectivity index (χ4v) is 7.69. The molecule has 0 N–H and O–H groups in total. The summed E-state index contributed by atoms with van der Waals surface area (Å²) >= 11 is 0. The molecule has 4 nitrogen and oxygen atoms in total. The van der Waals surface area contributed by atoms with Gasteiger partial charge in [0.1, 0.15) is 0 Å². The van der Waals surface area contributed by atoms with Gasteiger partial charge >= 0.3 is 34.1 Å². The number of hydrogen-bond donors (Lipinski definition) is 0. The van der Waals surface area contributed by atoms with Crippen LogP contribution in [0.2, 0.25) is 0 Å². The van der Waals surface area contributed by atoms with Gasteiger partial charge in [-0.15, -0.1) is 11.8 Å². The molecule has 0 aliphatic heterocycles. The molecule has 6 rings (SSSR count). The molecule has 4 saturated carbocycles. The molecule has 4 fully saturated rings. The first-order valence-electron chi connectivity index (χ1n) is 20.5. The molecule has 0 radical (unpaired) electrons. The summed E-state index contributed by atoms with van der Waals surface area (Å²) in [5.41, 5.74) is 2.40. The van der Waals surface area contributed by atoms with Crippen molar-refractivity contribution >= 4 is 23.8 Å². The number of anilines is 2. The van der Waals surface area contributed by atoms with Crippen molar-refractivity contribution < 1.29 is 34.1 Å². The Labute approximate surface area is 341 Å². The Balaban J connectivity index is 0.000000563. The van der Waals surface area contributed by atoms with E-state index < -0.39 is 0 Å². The molecule has 0 aromatic heterocycles. The molecule has 2 unspecified atom stereocenters. The third kappa shape index (κ3) is 18.2. The van der Waals surface area contributed by atoms with E-state index in [-0.39, 0.29) is 34.1 Å². The van der Waals surface area contributed by atoms with Crippen LogP contribution in [0, 0.1) is 35.5 Å². The van der Waals surface area contributed by atoms with Crippen molar-refractivity contribution in [2.24, 2.45) is 22.0 Å². The van der Waals surface area contributed by atoms with E-state index in [0.29, 0.717) is 11.8 Å². The zero-order valence-electron chi connectivity index (χ0n) is 33.1. The third-order valence-corrected chi connectivity index (χ3v) is 11.2. The minimum Gasteiger partial charge on any atom is -0.317 e. The first-order valence-corrected chi connectivity index (χ1v) is 20.5. The standard InChI is InChI=1S/C34H48N4.2C6H11.2Fe/c1-29-17-15-19-31(29)27-35-37(33-21-9-7-10-22-33)25-13-5-3-4-6-14-26-38(34-23-11-8-12-24-34)36-28-32-20-16-18-30(32)2;2*1-6-4-2-3-5-6;;/h7-12,21-24,27-28,31-32H,3-6,13-20,25-26H2,1-2H3;2*2-5H2,1H3;;/q-2;2*-1;2*+2/b35-27+,36-28+;;;;. The van der Waals surface area contributed by atoms with E-state index >= 15 is 0 Å². The van der Waals surface area contributed by atoms with E-state index in [4.69, 9.17) is 10.2 Å². The number of unbranched alkanes of at least 4 members (excludes halogenated alkanes) is 5. The summed E-state index contributed by atoms with van der Waals surface area (Å²) in [6.45, 7) is 11.1. The van der Waals surface area contributed by atoms with Crippen LogP contribution in [0.1, 0.15) is 156 Å². The summed E-state index contributed by atoms with van der Waals surface area (Å²) in [5, 5.41) is 14.3. The molecule has 0 spiro atoms. The van der Waals surface area contributed by atoms with Gasteiger partial charge in [-0.05, 0) is 49.5 Å². The molecule has 2 aromatic rings. The van der Waals surface area contributed by atoms with Gasteiger partial charge in [-0.2, -0.15) is 76.4 Å². The number of para-hydroxylation sites is 2. The first-order chi connectivity index (χ1) is 24.5. The Morgan fingerprint density at radius 1 is 0.500 bits per heavy atom. The molecule has 0 amide bonds. The van der Waals surface area contributed by atoms with Crippen molar-refractivity contribution in [3.63, 3.8) is 0 Å². The van der Waals surface area contributed by atoms with Crippen LogP contribution in [-0.2, 0) is 34.1 Å². The van der Waals surface area contributed by atoms with Gasteiger partial charge in [-0.1, -0.05) is 113 Å². The third-order valence-electron chi connectivity index (χ3n) is 11.2. The van der Waals surface area contributed by atoms with Crippen molar-refractivity contribution in [2.45, 2.75) is 156 Å². The van der Waals surface area contributed by atoms with E-state index in [0.717, 1.165) is 13.1 Å². The number of hydrogen-bond acceptors (Lipinski definition) is 4. The van der Waals surface area contributed by atoms with Crippen molar-refractivity contribution in [3.05, 3.63) is 84.3 Å². The molecule has 0 heterocycles. The van der Waals surface area contributed by atoms with Crippen LogP contribution >= 0.6 is 0 Å². The Hall–Kier alpha value is -1.58. The molecule has 290 valence electrons. The average molecular weight is 791 g/mol. The average Bonchev–Trinajstić information content (AvgIpc) is 3.98. The van der Waals surface area contributed by atoms with Crippen LogP contribution in [0.3, 0.4) is 0 Å². The fraction of sp³-hybridized carbons (Fsp3) is 0.609. The van der Waals surface area contributed by atoms with Gasteiger partial charge in [0.2, 0.25) is 0 Å². The first kappa shape index (κ1) is 46.6. The molecule has 4 aliphatic rings. The maximum Gasteiger partial charge on any atom is 2.00 e. The minimum absolute atomic E-state index is 0. The summed E-state index contributed by atoms with van der Waals surface area (Å²) in [4.78, 5) is 0. The van der Waals surface area contributed by atoms with Gasteiger partial charge in [0.15, 0.2) is 0 Å². The molecule has 2 aromatic carbocycles. The minimum atomic E-state index is 0.